The molecule has 2 aliphatic rings. The van der Waals surface area contributed by atoms with Gasteiger partial charge in [0.25, 0.3) is 11.8 Å². The van der Waals surface area contributed by atoms with Crippen molar-refractivity contribution in [3.8, 4) is 0 Å². The molecule has 29 heavy (non-hydrogen) atoms. The highest BCUT2D eigenvalue weighted by atomic mass is 35.5. The molecule has 2 heterocycles. The van der Waals surface area contributed by atoms with Gasteiger partial charge in [-0.1, -0.05) is 41.4 Å². The monoisotopic (exact) mass is 431 g/mol. The molecule has 0 aliphatic carbocycles. The van der Waals surface area contributed by atoms with Crippen molar-refractivity contribution in [2.24, 2.45) is 0 Å². The zero-order valence-corrected chi connectivity index (χ0v) is 17.4. The minimum atomic E-state index is -1.41. The van der Waals surface area contributed by atoms with Gasteiger partial charge in [-0.25, -0.2) is 0 Å². The van der Waals surface area contributed by atoms with Crippen LogP contribution in [0.5, 0.6) is 0 Å². The number of benzene rings is 2. The van der Waals surface area contributed by atoms with Gasteiger partial charge in [0.2, 0.25) is 11.6 Å². The van der Waals surface area contributed by atoms with E-state index in [-0.39, 0.29) is 24.7 Å². The first-order chi connectivity index (χ1) is 13.8. The van der Waals surface area contributed by atoms with Crippen LogP contribution in [0.15, 0.2) is 42.5 Å². The summed E-state index contributed by atoms with van der Waals surface area (Å²) in [6.45, 7) is 1.80. The largest absolute Gasteiger partial charge is 0.346 e. The van der Waals surface area contributed by atoms with E-state index >= 15 is 0 Å². The van der Waals surface area contributed by atoms with Gasteiger partial charge in [0.15, 0.2) is 0 Å². The summed E-state index contributed by atoms with van der Waals surface area (Å²) in [4.78, 5) is 42.1. The van der Waals surface area contributed by atoms with Crippen molar-refractivity contribution >= 4 is 46.6 Å². The second kappa shape index (κ2) is 7.04. The van der Waals surface area contributed by atoms with E-state index in [0.717, 1.165) is 0 Å². The molecule has 2 aromatic carbocycles. The second-order valence-corrected chi connectivity index (χ2v) is 8.13. The number of likely N-dealkylation sites (N-methyl/N-ethyl adjacent to an activating group) is 1. The summed E-state index contributed by atoms with van der Waals surface area (Å²) in [6.07, 6.45) is 0.394. The Balaban J connectivity index is 1.73. The normalized spacial score (nSPS) is 21.7. The summed E-state index contributed by atoms with van der Waals surface area (Å²) >= 11 is 12.2. The molecule has 0 bridgehead atoms. The van der Waals surface area contributed by atoms with Crippen molar-refractivity contribution in [3.05, 3.63) is 63.6 Å². The fourth-order valence-electron chi connectivity index (χ4n) is 4.17. The second-order valence-electron chi connectivity index (χ2n) is 7.29. The van der Waals surface area contributed by atoms with Crippen molar-refractivity contribution in [2.45, 2.75) is 31.5 Å². The summed E-state index contributed by atoms with van der Waals surface area (Å²) in [5.41, 5.74) is 0.158. The van der Waals surface area contributed by atoms with Crippen molar-refractivity contribution in [1.29, 1.82) is 0 Å². The lowest BCUT2D eigenvalue weighted by molar-refractivity contribution is -0.133. The molecule has 0 saturated carbocycles. The van der Waals surface area contributed by atoms with Crippen molar-refractivity contribution < 1.29 is 14.4 Å². The molecule has 8 heteroatoms. The Hall–Kier alpha value is -2.57. The van der Waals surface area contributed by atoms with E-state index in [0.29, 0.717) is 26.9 Å². The third-order valence-electron chi connectivity index (χ3n) is 5.68. The number of nitrogens with zero attached hydrogens (tertiary/aromatic N) is 2. The van der Waals surface area contributed by atoms with Crippen LogP contribution in [0.2, 0.25) is 10.0 Å². The molecule has 6 nitrogen and oxygen atoms in total. The van der Waals surface area contributed by atoms with Gasteiger partial charge >= 0.3 is 0 Å². The third kappa shape index (κ3) is 2.90. The lowest BCUT2D eigenvalue weighted by Crippen LogP contribution is -2.69. The van der Waals surface area contributed by atoms with Gasteiger partial charge in [-0.2, -0.15) is 0 Å². The third-order valence-corrected chi connectivity index (χ3v) is 6.24. The highest BCUT2D eigenvalue weighted by Gasteiger charge is 2.59. The number of nitrogens with one attached hydrogen (secondary N) is 1. The van der Waals surface area contributed by atoms with Crippen LogP contribution in [0.4, 0.5) is 5.69 Å². The van der Waals surface area contributed by atoms with E-state index in [1.54, 1.807) is 56.4 Å². The molecule has 2 atom stereocenters. The molecule has 1 saturated heterocycles. The Morgan fingerprint density at radius 1 is 1.17 bits per heavy atom. The van der Waals surface area contributed by atoms with Gasteiger partial charge in [0.1, 0.15) is 0 Å². The lowest BCUT2D eigenvalue weighted by atomic mass is 9.95. The number of anilines is 1. The maximum absolute atomic E-state index is 13.5. The molecule has 0 radical (unpaired) electrons. The number of halogens is 2. The molecule has 0 spiro atoms. The van der Waals surface area contributed by atoms with Gasteiger partial charge in [-0.05, 0) is 36.8 Å². The van der Waals surface area contributed by atoms with E-state index in [4.69, 9.17) is 23.2 Å². The van der Waals surface area contributed by atoms with Gasteiger partial charge in [-0.3, -0.25) is 19.3 Å². The molecule has 0 unspecified atom stereocenters. The molecular formula is C21H19Cl2N3O3. The minimum Gasteiger partial charge on any atom is -0.346 e. The summed E-state index contributed by atoms with van der Waals surface area (Å²) in [7, 11) is 1.56. The Morgan fingerprint density at radius 3 is 2.62 bits per heavy atom. The predicted molar refractivity (Wildman–Crippen MR) is 111 cm³/mol. The van der Waals surface area contributed by atoms with Crippen molar-refractivity contribution in [2.75, 3.05) is 11.9 Å². The van der Waals surface area contributed by atoms with Crippen molar-refractivity contribution in [3.63, 3.8) is 0 Å². The SMILES string of the molecule is C[C@H](NC(=O)[C@@]12CCC(=O)N1c1ccccc1C(=O)N2C)c1ccc(Cl)cc1Cl. The number of fused-ring (bicyclic) bond motifs is 3. The molecule has 150 valence electrons. The summed E-state index contributed by atoms with van der Waals surface area (Å²) in [5, 5.41) is 3.87. The number of rotatable bonds is 3. The number of amides is 3. The lowest BCUT2D eigenvalue weighted by Gasteiger charge is -2.47. The van der Waals surface area contributed by atoms with E-state index in [2.05, 4.69) is 5.32 Å². The highest BCUT2D eigenvalue weighted by molar-refractivity contribution is 6.35. The quantitative estimate of drug-likeness (QED) is 0.803. The first-order valence-corrected chi connectivity index (χ1v) is 9.99. The van der Waals surface area contributed by atoms with Crippen LogP contribution in [0.25, 0.3) is 0 Å². The Labute approximate surface area is 178 Å². The molecule has 0 aromatic heterocycles. The summed E-state index contributed by atoms with van der Waals surface area (Å²) < 4.78 is 0. The Morgan fingerprint density at radius 2 is 1.90 bits per heavy atom. The number of para-hydroxylation sites is 1. The van der Waals surface area contributed by atoms with Crippen LogP contribution in [-0.2, 0) is 9.59 Å². The number of carbonyl (C=O) groups excluding carboxylic acids is 3. The zero-order valence-electron chi connectivity index (χ0n) is 15.9. The summed E-state index contributed by atoms with van der Waals surface area (Å²) in [5.74, 6) is -0.907. The first-order valence-electron chi connectivity index (χ1n) is 9.23. The predicted octanol–water partition coefficient (Wildman–Crippen LogP) is 3.78. The van der Waals surface area contributed by atoms with Crippen LogP contribution in [0, 0.1) is 0 Å². The van der Waals surface area contributed by atoms with E-state index < -0.39 is 17.6 Å². The maximum atomic E-state index is 13.5. The van der Waals surface area contributed by atoms with Gasteiger partial charge < -0.3 is 10.2 Å². The molecule has 3 amide bonds. The van der Waals surface area contributed by atoms with Gasteiger partial charge in [0.05, 0.1) is 17.3 Å². The average molecular weight is 432 g/mol. The van der Waals surface area contributed by atoms with Crippen LogP contribution in [0.1, 0.15) is 41.7 Å². The number of carbonyl (C=O) groups is 3. The number of hydrogen-bond donors (Lipinski definition) is 1. The maximum Gasteiger partial charge on any atom is 0.267 e. The van der Waals surface area contributed by atoms with Crippen LogP contribution >= 0.6 is 23.2 Å². The Kier molecular flexibility index (Phi) is 4.79. The zero-order chi connectivity index (χ0) is 20.9. The molecule has 1 N–H and O–H groups in total. The van der Waals surface area contributed by atoms with E-state index in [9.17, 15) is 14.4 Å². The smallest absolute Gasteiger partial charge is 0.267 e. The first kappa shape index (κ1) is 19.7. The average Bonchev–Trinajstić information content (AvgIpc) is 3.04. The molecular weight excluding hydrogens is 413 g/mol. The topological polar surface area (TPSA) is 69.7 Å². The number of hydrogen-bond acceptors (Lipinski definition) is 3. The fraction of sp³-hybridized carbons (Fsp3) is 0.286. The van der Waals surface area contributed by atoms with Gasteiger partial charge in [0, 0.05) is 29.9 Å². The Bertz CT molecular complexity index is 1040. The minimum absolute atomic E-state index is 0.176. The highest BCUT2D eigenvalue weighted by Crippen LogP contribution is 2.44. The standard InChI is InChI=1S/C21H19Cl2N3O3/c1-12(14-8-7-13(22)11-16(14)23)24-20(29)21-10-9-18(27)26(21)17-6-4-3-5-15(17)19(28)25(21)2/h3-8,11-12H,9-10H2,1-2H3,(H,24,29)/t12-,21+/m0/s1. The van der Waals surface area contributed by atoms with E-state index in [1.807, 2.05) is 0 Å². The van der Waals surface area contributed by atoms with Crippen LogP contribution < -0.4 is 10.2 Å². The molecule has 2 aliphatic heterocycles. The van der Waals surface area contributed by atoms with E-state index in [1.165, 1.54) is 9.80 Å². The molecule has 1 fully saturated rings. The van der Waals surface area contributed by atoms with Crippen molar-refractivity contribution in [1.82, 2.24) is 10.2 Å². The molecule has 2 aromatic rings. The molecule has 4 rings (SSSR count). The fourth-order valence-corrected chi connectivity index (χ4v) is 4.74. The van der Waals surface area contributed by atoms with Crippen LogP contribution in [0.3, 0.4) is 0 Å². The van der Waals surface area contributed by atoms with Crippen LogP contribution in [-0.4, -0.2) is 35.3 Å². The summed E-state index contributed by atoms with van der Waals surface area (Å²) in [6, 6.07) is 11.5. The van der Waals surface area contributed by atoms with Gasteiger partial charge in [-0.15, -0.1) is 0 Å².